The first-order valence-corrected chi connectivity index (χ1v) is 6.36. The van der Waals surface area contributed by atoms with Crippen molar-refractivity contribution in [3.05, 3.63) is 46.6 Å². The standard InChI is InChI=1S/C14H19N3O2/c1-9-5-10(2)7-11(6-9)8-13-16-14(19-17-13)12(18)3-4-15/h5-7,12,18H,3-4,8,15H2,1-2H3/t12-/m0/s1. The molecule has 0 saturated heterocycles. The summed E-state index contributed by atoms with van der Waals surface area (Å²) in [4.78, 5) is 4.20. The lowest BCUT2D eigenvalue weighted by Gasteiger charge is -2.02. The van der Waals surface area contributed by atoms with Crippen LogP contribution in [0.15, 0.2) is 22.7 Å². The van der Waals surface area contributed by atoms with Crippen molar-refractivity contribution in [1.29, 1.82) is 0 Å². The minimum absolute atomic E-state index is 0.241. The summed E-state index contributed by atoms with van der Waals surface area (Å²) in [6.45, 7) is 4.50. The van der Waals surface area contributed by atoms with E-state index in [0.29, 0.717) is 25.2 Å². The number of nitrogens with zero attached hydrogens (tertiary/aromatic N) is 2. The van der Waals surface area contributed by atoms with Gasteiger partial charge in [0.25, 0.3) is 5.89 Å². The quantitative estimate of drug-likeness (QED) is 0.855. The van der Waals surface area contributed by atoms with Crippen molar-refractivity contribution in [3.8, 4) is 0 Å². The summed E-state index contributed by atoms with van der Waals surface area (Å²) in [5.74, 6) is 0.820. The molecule has 0 bridgehead atoms. The molecular weight excluding hydrogens is 242 g/mol. The van der Waals surface area contributed by atoms with Crippen molar-refractivity contribution in [1.82, 2.24) is 10.1 Å². The second kappa shape index (κ2) is 5.95. The third kappa shape index (κ3) is 3.62. The van der Waals surface area contributed by atoms with Gasteiger partial charge in [-0.05, 0) is 32.4 Å². The van der Waals surface area contributed by atoms with Crippen LogP contribution >= 0.6 is 0 Å². The van der Waals surface area contributed by atoms with E-state index < -0.39 is 6.10 Å². The molecule has 0 saturated carbocycles. The number of hydrogen-bond acceptors (Lipinski definition) is 5. The lowest BCUT2D eigenvalue weighted by molar-refractivity contribution is 0.127. The first kappa shape index (κ1) is 13.7. The van der Waals surface area contributed by atoms with Crippen molar-refractivity contribution in [2.75, 3.05) is 6.54 Å². The Morgan fingerprint density at radius 2 is 1.95 bits per heavy atom. The van der Waals surface area contributed by atoms with E-state index in [0.717, 1.165) is 5.56 Å². The number of aromatic nitrogens is 2. The first-order chi connectivity index (χ1) is 9.08. The predicted molar refractivity (Wildman–Crippen MR) is 71.7 cm³/mol. The first-order valence-electron chi connectivity index (χ1n) is 6.36. The molecule has 0 unspecified atom stereocenters. The van der Waals surface area contributed by atoms with Gasteiger partial charge < -0.3 is 15.4 Å². The van der Waals surface area contributed by atoms with E-state index in [1.54, 1.807) is 0 Å². The summed E-state index contributed by atoms with van der Waals surface area (Å²) in [5.41, 5.74) is 8.94. The van der Waals surface area contributed by atoms with Crippen LogP contribution in [0.25, 0.3) is 0 Å². The molecular formula is C14H19N3O2. The molecule has 0 aliphatic carbocycles. The van der Waals surface area contributed by atoms with Crippen LogP contribution in [0.4, 0.5) is 0 Å². The number of nitrogens with two attached hydrogens (primary N) is 1. The zero-order valence-electron chi connectivity index (χ0n) is 11.3. The molecule has 3 N–H and O–H groups in total. The van der Waals surface area contributed by atoms with Gasteiger partial charge in [0, 0.05) is 6.42 Å². The molecule has 1 heterocycles. The summed E-state index contributed by atoms with van der Waals surface area (Å²) in [7, 11) is 0. The van der Waals surface area contributed by atoms with Gasteiger partial charge in [-0.3, -0.25) is 0 Å². The van der Waals surface area contributed by atoms with Gasteiger partial charge in [-0.15, -0.1) is 0 Å². The van der Waals surface area contributed by atoms with E-state index in [-0.39, 0.29) is 5.89 Å². The van der Waals surface area contributed by atoms with Gasteiger partial charge in [-0.1, -0.05) is 34.5 Å². The molecule has 5 heteroatoms. The third-order valence-electron chi connectivity index (χ3n) is 2.85. The van der Waals surface area contributed by atoms with Crippen molar-refractivity contribution >= 4 is 0 Å². The Hall–Kier alpha value is -1.72. The van der Waals surface area contributed by atoms with E-state index >= 15 is 0 Å². The van der Waals surface area contributed by atoms with Gasteiger partial charge in [0.1, 0.15) is 6.10 Å². The third-order valence-corrected chi connectivity index (χ3v) is 2.85. The average Bonchev–Trinajstić information content (AvgIpc) is 2.76. The Morgan fingerprint density at radius 1 is 1.26 bits per heavy atom. The normalized spacial score (nSPS) is 12.6. The number of aliphatic hydroxyl groups excluding tert-OH is 1. The SMILES string of the molecule is Cc1cc(C)cc(Cc2noc([C@@H](O)CCN)n2)c1. The molecule has 2 aromatic rings. The van der Waals surface area contributed by atoms with Gasteiger partial charge in [0.05, 0.1) is 0 Å². The second-order valence-corrected chi connectivity index (χ2v) is 4.81. The maximum atomic E-state index is 9.71. The Labute approximate surface area is 112 Å². The van der Waals surface area contributed by atoms with Gasteiger partial charge in [0.2, 0.25) is 0 Å². The van der Waals surface area contributed by atoms with Crippen molar-refractivity contribution in [2.45, 2.75) is 32.8 Å². The van der Waals surface area contributed by atoms with Crippen LogP contribution in [-0.2, 0) is 6.42 Å². The van der Waals surface area contributed by atoms with Crippen LogP contribution in [0.3, 0.4) is 0 Å². The molecule has 0 radical (unpaired) electrons. The highest BCUT2D eigenvalue weighted by Gasteiger charge is 2.15. The average molecular weight is 261 g/mol. The molecule has 1 atom stereocenters. The summed E-state index contributed by atoms with van der Waals surface area (Å²) in [6, 6.07) is 6.31. The summed E-state index contributed by atoms with van der Waals surface area (Å²) < 4.78 is 5.05. The van der Waals surface area contributed by atoms with E-state index in [9.17, 15) is 5.11 Å². The fraction of sp³-hybridized carbons (Fsp3) is 0.429. The predicted octanol–water partition coefficient (Wildman–Crippen LogP) is 1.66. The lowest BCUT2D eigenvalue weighted by atomic mass is 10.1. The molecule has 5 nitrogen and oxygen atoms in total. The van der Waals surface area contributed by atoms with Crippen LogP contribution in [-0.4, -0.2) is 21.8 Å². The highest BCUT2D eigenvalue weighted by Crippen LogP contribution is 2.16. The second-order valence-electron chi connectivity index (χ2n) is 4.81. The molecule has 1 aromatic heterocycles. The number of benzene rings is 1. The summed E-state index contributed by atoms with van der Waals surface area (Å²) >= 11 is 0. The molecule has 0 fully saturated rings. The van der Waals surface area contributed by atoms with Crippen LogP contribution in [0, 0.1) is 13.8 Å². The van der Waals surface area contributed by atoms with Crippen molar-refractivity contribution in [3.63, 3.8) is 0 Å². The maximum absolute atomic E-state index is 9.71. The smallest absolute Gasteiger partial charge is 0.255 e. The van der Waals surface area contributed by atoms with E-state index in [1.807, 2.05) is 0 Å². The molecule has 0 aliphatic heterocycles. The van der Waals surface area contributed by atoms with Crippen LogP contribution in [0.1, 0.15) is 40.9 Å². The Kier molecular flexibility index (Phi) is 4.29. The Morgan fingerprint density at radius 3 is 2.58 bits per heavy atom. The number of hydrogen-bond donors (Lipinski definition) is 2. The molecule has 0 aliphatic rings. The number of aryl methyl sites for hydroxylation is 2. The van der Waals surface area contributed by atoms with Gasteiger partial charge in [-0.25, -0.2) is 0 Å². The van der Waals surface area contributed by atoms with E-state index in [2.05, 4.69) is 42.2 Å². The molecule has 102 valence electrons. The molecule has 1 aromatic carbocycles. The zero-order valence-corrected chi connectivity index (χ0v) is 11.3. The highest BCUT2D eigenvalue weighted by atomic mass is 16.5. The maximum Gasteiger partial charge on any atom is 0.255 e. The molecule has 19 heavy (non-hydrogen) atoms. The fourth-order valence-electron chi connectivity index (χ4n) is 2.11. The van der Waals surface area contributed by atoms with Crippen LogP contribution in [0.2, 0.25) is 0 Å². The Bertz CT molecular complexity index is 531. The monoisotopic (exact) mass is 261 g/mol. The van der Waals surface area contributed by atoms with E-state index in [4.69, 9.17) is 10.3 Å². The van der Waals surface area contributed by atoms with E-state index in [1.165, 1.54) is 11.1 Å². The number of aliphatic hydroxyl groups is 1. The zero-order chi connectivity index (χ0) is 13.8. The van der Waals surface area contributed by atoms with Crippen LogP contribution < -0.4 is 5.73 Å². The van der Waals surface area contributed by atoms with Crippen molar-refractivity contribution < 1.29 is 9.63 Å². The largest absolute Gasteiger partial charge is 0.383 e. The lowest BCUT2D eigenvalue weighted by Crippen LogP contribution is -2.07. The summed E-state index contributed by atoms with van der Waals surface area (Å²) in [5, 5.41) is 13.6. The van der Waals surface area contributed by atoms with Gasteiger partial charge in [-0.2, -0.15) is 4.98 Å². The fourth-order valence-corrected chi connectivity index (χ4v) is 2.11. The van der Waals surface area contributed by atoms with Gasteiger partial charge >= 0.3 is 0 Å². The minimum Gasteiger partial charge on any atom is -0.383 e. The van der Waals surface area contributed by atoms with Crippen molar-refractivity contribution in [2.24, 2.45) is 5.73 Å². The minimum atomic E-state index is -0.773. The number of rotatable bonds is 5. The summed E-state index contributed by atoms with van der Waals surface area (Å²) in [6.07, 6.45) is 0.248. The highest BCUT2D eigenvalue weighted by molar-refractivity contribution is 5.30. The molecule has 0 amide bonds. The molecule has 2 rings (SSSR count). The Balaban J connectivity index is 2.11. The van der Waals surface area contributed by atoms with Crippen LogP contribution in [0.5, 0.6) is 0 Å². The topological polar surface area (TPSA) is 85.2 Å². The molecule has 0 spiro atoms. The van der Waals surface area contributed by atoms with Gasteiger partial charge in [0.15, 0.2) is 5.82 Å².